The first kappa shape index (κ1) is 8.08. The third-order valence-electron chi connectivity index (χ3n) is 0.759. The molecular weight excluding hydrogens is 116 g/mol. The van der Waals surface area contributed by atoms with E-state index in [0.717, 1.165) is 0 Å². The number of carbonyl (C=O) groups is 1. The monoisotopic (exact) mass is 127 g/mol. The zero-order valence-electron chi connectivity index (χ0n) is 5.76. The smallest absolute Gasteiger partial charge is 0.304 e. The maximum atomic E-state index is 10.3. The Labute approximate surface area is 55.5 Å². The van der Waals surface area contributed by atoms with Crippen molar-refractivity contribution in [1.29, 1.82) is 0 Å². The Morgan fingerprint density at radius 3 is 2.78 bits per heavy atom. The number of ether oxygens (including phenoxy) is 1. The Hall–Kier alpha value is -0.920. The van der Waals surface area contributed by atoms with Crippen LogP contribution in [0.1, 0.15) is 13.8 Å². The van der Waals surface area contributed by atoms with Gasteiger partial charge in [0, 0.05) is 13.5 Å². The minimum absolute atomic E-state index is 0.153. The molecular formula is C7H11O2+. The molecule has 0 heterocycles. The molecule has 0 rings (SSSR count). The Bertz CT molecular complexity index is 107. The quantitative estimate of drug-likeness (QED) is 0.422. The minimum atomic E-state index is -0.263. The largest absolute Gasteiger partial charge is 0.439 e. The van der Waals surface area contributed by atoms with Crippen LogP contribution < -0.4 is 0 Å². The topological polar surface area (TPSA) is 26.3 Å². The fraction of sp³-hybridized carbons (Fsp3) is 0.429. The van der Waals surface area contributed by atoms with Crippen molar-refractivity contribution < 1.29 is 9.53 Å². The second-order valence-electron chi connectivity index (χ2n) is 1.74. The molecule has 0 saturated heterocycles. The van der Waals surface area contributed by atoms with Gasteiger partial charge in [0.05, 0.1) is 12.5 Å². The van der Waals surface area contributed by atoms with E-state index in [1.807, 2.05) is 0 Å². The molecule has 0 unspecified atom stereocenters. The van der Waals surface area contributed by atoms with Gasteiger partial charge in [-0.3, -0.25) is 4.79 Å². The summed E-state index contributed by atoms with van der Waals surface area (Å²) in [5.41, 5.74) is 0. The lowest BCUT2D eigenvalue weighted by Crippen LogP contribution is -2.11. The summed E-state index contributed by atoms with van der Waals surface area (Å²) in [6.07, 6.45) is 3.16. The molecule has 0 aliphatic heterocycles. The van der Waals surface area contributed by atoms with Crippen LogP contribution in [0, 0.1) is 6.42 Å². The number of carbonyl (C=O) groups excluding carboxylic acids is 1. The molecule has 1 atom stereocenters. The minimum Gasteiger partial charge on any atom is -0.439 e. The van der Waals surface area contributed by atoms with E-state index in [4.69, 9.17) is 4.74 Å². The molecule has 0 aromatic carbocycles. The third kappa shape index (κ3) is 4.94. The van der Waals surface area contributed by atoms with Gasteiger partial charge in [0.25, 0.3) is 0 Å². The van der Waals surface area contributed by atoms with Crippen molar-refractivity contribution >= 4 is 5.97 Å². The average molecular weight is 127 g/mol. The lowest BCUT2D eigenvalue weighted by atomic mass is 10.3. The summed E-state index contributed by atoms with van der Waals surface area (Å²) in [6.45, 7) is 6.62. The molecule has 2 heteroatoms. The van der Waals surface area contributed by atoms with Gasteiger partial charge in [0.15, 0.2) is 6.10 Å². The highest BCUT2D eigenvalue weighted by atomic mass is 16.5. The SMILES string of the molecule is C=C[CH+][C@H](C)OC(C)=O. The molecule has 0 bridgehead atoms. The summed E-state index contributed by atoms with van der Waals surface area (Å²) >= 11 is 0. The predicted molar refractivity (Wildman–Crippen MR) is 35.7 cm³/mol. The van der Waals surface area contributed by atoms with Gasteiger partial charge < -0.3 is 4.74 Å². The number of hydrogen-bond donors (Lipinski definition) is 0. The summed E-state index contributed by atoms with van der Waals surface area (Å²) in [4.78, 5) is 10.3. The van der Waals surface area contributed by atoms with Crippen molar-refractivity contribution in [2.75, 3.05) is 0 Å². The van der Waals surface area contributed by atoms with E-state index >= 15 is 0 Å². The normalized spacial score (nSPS) is 11.8. The first-order valence-electron chi connectivity index (χ1n) is 2.80. The molecule has 0 aromatic rings. The first-order valence-corrected chi connectivity index (χ1v) is 2.80. The number of rotatable bonds is 3. The van der Waals surface area contributed by atoms with Crippen LogP contribution >= 0.6 is 0 Å². The van der Waals surface area contributed by atoms with E-state index in [1.165, 1.54) is 6.92 Å². The van der Waals surface area contributed by atoms with Crippen LogP contribution in [-0.4, -0.2) is 12.1 Å². The summed E-state index contributed by atoms with van der Waals surface area (Å²) in [5, 5.41) is 0. The van der Waals surface area contributed by atoms with Crippen molar-refractivity contribution in [3.8, 4) is 0 Å². The van der Waals surface area contributed by atoms with Gasteiger partial charge in [-0.1, -0.05) is 0 Å². The van der Waals surface area contributed by atoms with Crippen LogP contribution in [-0.2, 0) is 9.53 Å². The molecule has 0 spiro atoms. The zero-order chi connectivity index (χ0) is 7.28. The number of hydrogen-bond acceptors (Lipinski definition) is 2. The summed E-state index contributed by atoms with van der Waals surface area (Å²) in [7, 11) is 0. The Morgan fingerprint density at radius 2 is 2.44 bits per heavy atom. The maximum Gasteiger partial charge on any atom is 0.304 e. The molecule has 0 fully saturated rings. The fourth-order valence-corrected chi connectivity index (χ4v) is 0.493. The highest BCUT2D eigenvalue weighted by molar-refractivity contribution is 5.66. The second kappa shape index (κ2) is 4.01. The van der Waals surface area contributed by atoms with Crippen molar-refractivity contribution in [3.05, 3.63) is 19.1 Å². The van der Waals surface area contributed by atoms with Crippen LogP contribution in [0.5, 0.6) is 0 Å². The van der Waals surface area contributed by atoms with E-state index in [0.29, 0.717) is 0 Å². The Kier molecular flexibility index (Phi) is 3.60. The molecule has 0 radical (unpaired) electrons. The van der Waals surface area contributed by atoms with Crippen LogP contribution in [0.4, 0.5) is 0 Å². The summed E-state index contributed by atoms with van der Waals surface area (Å²) in [6, 6.07) is 0. The maximum absolute atomic E-state index is 10.3. The molecule has 0 saturated carbocycles. The Morgan fingerprint density at radius 1 is 1.89 bits per heavy atom. The van der Waals surface area contributed by atoms with E-state index < -0.39 is 0 Å². The molecule has 0 aliphatic rings. The predicted octanol–water partition coefficient (Wildman–Crippen LogP) is 1.33. The summed E-state index contributed by atoms with van der Waals surface area (Å²) in [5.74, 6) is -0.263. The lowest BCUT2D eigenvalue weighted by molar-refractivity contribution is -0.143. The highest BCUT2D eigenvalue weighted by Gasteiger charge is 2.05. The van der Waals surface area contributed by atoms with Crippen molar-refractivity contribution in [2.24, 2.45) is 0 Å². The molecule has 0 amide bonds. The molecule has 0 N–H and O–H groups in total. The van der Waals surface area contributed by atoms with E-state index in [2.05, 4.69) is 6.58 Å². The van der Waals surface area contributed by atoms with E-state index in [9.17, 15) is 4.79 Å². The lowest BCUT2D eigenvalue weighted by Gasteiger charge is -2.02. The fourth-order valence-electron chi connectivity index (χ4n) is 0.493. The molecule has 9 heavy (non-hydrogen) atoms. The molecule has 0 aliphatic carbocycles. The Balaban J connectivity index is 3.37. The average Bonchev–Trinajstić information content (AvgIpc) is 1.63. The van der Waals surface area contributed by atoms with Gasteiger partial charge in [0.1, 0.15) is 0 Å². The van der Waals surface area contributed by atoms with Crippen molar-refractivity contribution in [1.82, 2.24) is 0 Å². The molecule has 50 valence electrons. The van der Waals surface area contributed by atoms with E-state index in [1.54, 1.807) is 19.4 Å². The summed E-state index contributed by atoms with van der Waals surface area (Å²) < 4.78 is 4.72. The van der Waals surface area contributed by atoms with Crippen molar-refractivity contribution in [3.63, 3.8) is 0 Å². The zero-order valence-corrected chi connectivity index (χ0v) is 5.76. The molecule has 2 nitrogen and oxygen atoms in total. The highest BCUT2D eigenvalue weighted by Crippen LogP contribution is 1.95. The van der Waals surface area contributed by atoms with Gasteiger partial charge in [-0.25, -0.2) is 0 Å². The van der Waals surface area contributed by atoms with Crippen molar-refractivity contribution in [2.45, 2.75) is 20.0 Å². The number of esters is 1. The molecule has 0 aromatic heterocycles. The van der Waals surface area contributed by atoms with E-state index in [-0.39, 0.29) is 12.1 Å². The van der Waals surface area contributed by atoms with Gasteiger partial charge in [-0.05, 0) is 6.92 Å². The first-order chi connectivity index (χ1) is 4.16. The van der Waals surface area contributed by atoms with Gasteiger partial charge in [0.2, 0.25) is 0 Å². The third-order valence-corrected chi connectivity index (χ3v) is 0.759. The van der Waals surface area contributed by atoms with Gasteiger partial charge in [-0.15, -0.1) is 0 Å². The van der Waals surface area contributed by atoms with Crippen LogP contribution in [0.25, 0.3) is 0 Å². The second-order valence-corrected chi connectivity index (χ2v) is 1.74. The van der Waals surface area contributed by atoms with Gasteiger partial charge in [-0.2, -0.15) is 0 Å². The van der Waals surface area contributed by atoms with Gasteiger partial charge >= 0.3 is 5.97 Å². The van der Waals surface area contributed by atoms with Crippen LogP contribution in [0.15, 0.2) is 12.7 Å². The van der Waals surface area contributed by atoms with Crippen LogP contribution in [0.2, 0.25) is 0 Å². The van der Waals surface area contributed by atoms with Crippen LogP contribution in [0.3, 0.4) is 0 Å². The standard InChI is InChI=1S/C7H11O2/c1-4-5-6(2)9-7(3)8/h4-6H,1H2,2-3H3/q+1/t6-/m0/s1.